The number of hydrogen-bond donors (Lipinski definition) is 3. The number of carbonyl (C=O) groups is 2. The molecule has 2 amide bonds. The summed E-state index contributed by atoms with van der Waals surface area (Å²) in [5, 5.41) is 8.76. The Morgan fingerprint density at radius 2 is 1.78 bits per heavy atom. The van der Waals surface area contributed by atoms with Crippen LogP contribution in [0.4, 0.5) is 35.0 Å². The lowest BCUT2D eigenvalue weighted by Gasteiger charge is -2.26. The molecule has 2 aromatic heterocycles. The highest BCUT2D eigenvalue weighted by molar-refractivity contribution is 6.39. The Morgan fingerprint density at radius 1 is 1.07 bits per heavy atom. The van der Waals surface area contributed by atoms with Gasteiger partial charge >= 0.3 is 6.18 Å². The largest absolute Gasteiger partial charge is 0.402 e. The number of nitrogens with one attached hydrogen (secondary N) is 3. The number of benzene rings is 1. The van der Waals surface area contributed by atoms with Crippen LogP contribution in [0.25, 0.3) is 11.2 Å². The van der Waals surface area contributed by atoms with Crippen molar-refractivity contribution in [1.82, 2.24) is 25.2 Å². The van der Waals surface area contributed by atoms with E-state index in [1.54, 1.807) is 22.6 Å². The van der Waals surface area contributed by atoms with Crippen molar-refractivity contribution >= 4 is 63.6 Å². The first-order valence-electron chi connectivity index (χ1n) is 14.8. The van der Waals surface area contributed by atoms with Crippen LogP contribution in [-0.4, -0.2) is 57.8 Å². The number of aryl methyl sites for hydroxylation is 1. The zero-order valence-corrected chi connectivity index (χ0v) is 26.6. The minimum atomic E-state index is -4.74. The van der Waals surface area contributed by atoms with E-state index in [9.17, 15) is 27.2 Å². The lowest BCUT2D eigenvalue weighted by atomic mass is 9.91. The fourth-order valence-electron chi connectivity index (χ4n) is 5.53. The zero-order valence-electron chi connectivity index (χ0n) is 25.1. The molecule has 1 unspecified atom stereocenters. The van der Waals surface area contributed by atoms with Crippen LogP contribution < -0.4 is 20.9 Å². The van der Waals surface area contributed by atoms with Crippen LogP contribution in [0.1, 0.15) is 68.3 Å². The first-order chi connectivity index (χ1) is 21.2. The standard InChI is InChI=1S/C30H35Cl2F4N7O2/c1-29(2,30(34,35)36)27(45)37-14-16-9-10-20(31)23(22(16)32)40-28-39-21-13-19(26(44)38-18-7-5-4-6-8-18)24(41-25(21)42(28)3)43-12-11-17(33)15-43/h9-10,13,17-18H,4-8,11-12,14-15H2,1-3H3,(H,37,45)(H,38,44)(H,39,40). The lowest BCUT2D eigenvalue weighted by molar-refractivity contribution is -0.211. The molecule has 3 N–H and O–H groups in total. The van der Waals surface area contributed by atoms with Crippen molar-refractivity contribution in [1.29, 1.82) is 0 Å². The van der Waals surface area contributed by atoms with Gasteiger partial charge < -0.3 is 20.9 Å². The number of imidazole rings is 1. The van der Waals surface area contributed by atoms with Gasteiger partial charge in [0.2, 0.25) is 11.9 Å². The summed E-state index contributed by atoms with van der Waals surface area (Å²) < 4.78 is 55.8. The molecule has 2 fully saturated rings. The van der Waals surface area contributed by atoms with Crippen LogP contribution in [0.3, 0.4) is 0 Å². The molecule has 0 spiro atoms. The third-order valence-electron chi connectivity index (χ3n) is 8.56. The van der Waals surface area contributed by atoms with Gasteiger partial charge in [-0.2, -0.15) is 13.2 Å². The summed E-state index contributed by atoms with van der Waals surface area (Å²) >= 11 is 13.1. The maximum absolute atomic E-state index is 14.2. The number of nitrogens with zero attached hydrogens (tertiary/aromatic N) is 4. The Labute approximate surface area is 268 Å². The summed E-state index contributed by atoms with van der Waals surface area (Å²) in [5.41, 5.74) is -0.924. The van der Waals surface area contributed by atoms with E-state index in [0.29, 0.717) is 41.1 Å². The molecule has 1 saturated carbocycles. The van der Waals surface area contributed by atoms with Crippen molar-refractivity contribution in [2.75, 3.05) is 23.3 Å². The Hall–Kier alpha value is -3.32. The predicted octanol–water partition coefficient (Wildman–Crippen LogP) is 6.83. The van der Waals surface area contributed by atoms with Gasteiger partial charge in [0.05, 0.1) is 27.8 Å². The van der Waals surface area contributed by atoms with Crippen LogP contribution in [0.5, 0.6) is 0 Å². The number of carbonyl (C=O) groups excluding carboxylic acids is 2. The molecule has 3 aromatic rings. The monoisotopic (exact) mass is 671 g/mol. The average molecular weight is 673 g/mol. The van der Waals surface area contributed by atoms with Gasteiger partial charge in [0.15, 0.2) is 5.65 Å². The summed E-state index contributed by atoms with van der Waals surface area (Å²) in [4.78, 5) is 37.0. The van der Waals surface area contributed by atoms with Crippen molar-refractivity contribution < 1.29 is 27.2 Å². The van der Waals surface area contributed by atoms with E-state index in [0.717, 1.165) is 46.0 Å². The van der Waals surface area contributed by atoms with Gasteiger partial charge in [0.25, 0.3) is 5.91 Å². The lowest BCUT2D eigenvalue weighted by Crippen LogP contribution is -2.46. The van der Waals surface area contributed by atoms with Gasteiger partial charge in [-0.3, -0.25) is 14.2 Å². The van der Waals surface area contributed by atoms with Crippen molar-refractivity contribution in [3.63, 3.8) is 0 Å². The average Bonchev–Trinajstić information content (AvgIpc) is 3.55. The number of anilines is 3. The fraction of sp³-hybridized carbons (Fsp3) is 0.533. The van der Waals surface area contributed by atoms with E-state index in [4.69, 9.17) is 28.2 Å². The van der Waals surface area contributed by atoms with E-state index < -0.39 is 23.7 Å². The molecular formula is C30H35Cl2F4N7O2. The number of pyridine rings is 1. The van der Waals surface area contributed by atoms with Crippen LogP contribution in [0.15, 0.2) is 18.2 Å². The Balaban J connectivity index is 1.44. The van der Waals surface area contributed by atoms with Crippen molar-refractivity contribution in [3.8, 4) is 0 Å². The number of fused-ring (bicyclic) bond motifs is 1. The maximum Gasteiger partial charge on any atom is 0.402 e. The van der Waals surface area contributed by atoms with E-state index in [1.807, 2.05) is 0 Å². The van der Waals surface area contributed by atoms with Crippen molar-refractivity contribution in [3.05, 3.63) is 39.4 Å². The molecule has 0 radical (unpaired) electrons. The van der Waals surface area contributed by atoms with Gasteiger partial charge in [0.1, 0.15) is 22.9 Å². The molecule has 15 heteroatoms. The highest BCUT2D eigenvalue weighted by Crippen LogP contribution is 2.39. The molecule has 1 aliphatic heterocycles. The molecule has 1 saturated heterocycles. The summed E-state index contributed by atoms with van der Waals surface area (Å²) in [6, 6.07) is 4.71. The molecule has 5 rings (SSSR count). The second kappa shape index (κ2) is 12.8. The van der Waals surface area contributed by atoms with E-state index in [-0.39, 0.29) is 46.7 Å². The van der Waals surface area contributed by atoms with E-state index in [1.165, 1.54) is 12.1 Å². The SMILES string of the molecule is Cn1c(Nc2c(Cl)ccc(CNC(=O)C(C)(C)C(F)(F)F)c2Cl)nc2cc(C(=O)NC3CCCCC3)c(N3CCC(F)C3)nc21. The zero-order chi connectivity index (χ0) is 32.7. The van der Waals surface area contributed by atoms with Crippen LogP contribution in [-0.2, 0) is 18.4 Å². The Bertz CT molecular complexity index is 1610. The van der Waals surface area contributed by atoms with Gasteiger partial charge in [-0.25, -0.2) is 14.4 Å². The highest BCUT2D eigenvalue weighted by atomic mass is 35.5. The smallest absolute Gasteiger partial charge is 0.353 e. The van der Waals surface area contributed by atoms with Gasteiger partial charge in [-0.15, -0.1) is 0 Å². The van der Waals surface area contributed by atoms with E-state index in [2.05, 4.69) is 20.9 Å². The summed E-state index contributed by atoms with van der Waals surface area (Å²) in [7, 11) is 1.70. The summed E-state index contributed by atoms with van der Waals surface area (Å²) in [5.74, 6) is -0.848. The molecule has 1 aliphatic carbocycles. The summed E-state index contributed by atoms with van der Waals surface area (Å²) in [6.07, 6.45) is -0.397. The minimum absolute atomic E-state index is 0.0594. The van der Waals surface area contributed by atoms with Gasteiger partial charge in [-0.05, 0) is 50.8 Å². The number of halogens is 6. The predicted molar refractivity (Wildman–Crippen MR) is 166 cm³/mol. The highest BCUT2D eigenvalue weighted by Gasteiger charge is 2.52. The summed E-state index contributed by atoms with van der Waals surface area (Å²) in [6.45, 7) is 1.87. The second-order valence-corrected chi connectivity index (χ2v) is 12.9. The molecule has 0 bridgehead atoms. The topological polar surface area (TPSA) is 104 Å². The molecule has 1 atom stereocenters. The van der Waals surface area contributed by atoms with Crippen LogP contribution in [0.2, 0.25) is 10.0 Å². The van der Waals surface area contributed by atoms with Gasteiger partial charge in [-0.1, -0.05) is 48.5 Å². The maximum atomic E-state index is 14.2. The normalized spacial score (nSPS) is 18.0. The minimum Gasteiger partial charge on any atom is -0.353 e. The van der Waals surface area contributed by atoms with Crippen molar-refractivity contribution in [2.24, 2.45) is 12.5 Å². The first kappa shape index (κ1) is 33.1. The molecule has 1 aromatic carbocycles. The van der Waals surface area contributed by atoms with Crippen molar-refractivity contribution in [2.45, 2.75) is 77.3 Å². The molecule has 2 aliphatic rings. The third-order valence-corrected chi connectivity index (χ3v) is 9.31. The third kappa shape index (κ3) is 6.79. The Kier molecular flexibility index (Phi) is 9.42. The number of hydrogen-bond acceptors (Lipinski definition) is 6. The molecule has 9 nitrogen and oxygen atoms in total. The quantitative estimate of drug-likeness (QED) is 0.227. The number of aromatic nitrogens is 3. The first-order valence-corrected chi connectivity index (χ1v) is 15.6. The van der Waals surface area contributed by atoms with Crippen LogP contribution >= 0.6 is 23.2 Å². The molecular weight excluding hydrogens is 637 g/mol. The van der Waals surface area contributed by atoms with Gasteiger partial charge in [0, 0.05) is 26.2 Å². The number of amides is 2. The number of rotatable bonds is 8. The molecule has 244 valence electrons. The number of alkyl halides is 4. The fourth-order valence-corrected chi connectivity index (χ4v) is 6.06. The second-order valence-electron chi connectivity index (χ2n) is 12.2. The van der Waals surface area contributed by atoms with Crippen LogP contribution in [0, 0.1) is 5.41 Å². The molecule has 45 heavy (non-hydrogen) atoms. The Morgan fingerprint density at radius 3 is 2.42 bits per heavy atom. The van der Waals surface area contributed by atoms with E-state index >= 15 is 0 Å². The molecule has 3 heterocycles.